The Balaban J connectivity index is 1.27. The SMILES string of the molecule is O=C(C1CN(c2c3c(nc4ccnn24)CCNCC3)C1)N1CCc2c1ccc(F)c2F. The van der Waals surface area contributed by atoms with Crippen molar-refractivity contribution >= 4 is 23.1 Å². The number of nitrogens with one attached hydrogen (secondary N) is 1. The summed E-state index contributed by atoms with van der Waals surface area (Å²) in [5, 5.41) is 7.89. The number of anilines is 2. The molecular formula is C22H22F2N6O. The molecule has 0 atom stereocenters. The van der Waals surface area contributed by atoms with Crippen LogP contribution in [0.2, 0.25) is 0 Å². The van der Waals surface area contributed by atoms with Gasteiger partial charge in [-0.15, -0.1) is 0 Å². The van der Waals surface area contributed by atoms with Crippen molar-refractivity contribution in [3.8, 4) is 0 Å². The number of halogens is 2. The monoisotopic (exact) mass is 424 g/mol. The summed E-state index contributed by atoms with van der Waals surface area (Å²) in [6, 6.07) is 4.51. The van der Waals surface area contributed by atoms with Crippen LogP contribution in [0.5, 0.6) is 0 Å². The Hall–Kier alpha value is -3.07. The summed E-state index contributed by atoms with van der Waals surface area (Å²) in [5.41, 5.74) is 3.90. The predicted octanol–water partition coefficient (Wildman–Crippen LogP) is 1.72. The highest BCUT2D eigenvalue weighted by atomic mass is 19.2. The number of benzene rings is 1. The van der Waals surface area contributed by atoms with E-state index >= 15 is 0 Å². The van der Waals surface area contributed by atoms with Crippen LogP contribution in [0.15, 0.2) is 24.4 Å². The molecule has 0 unspecified atom stereocenters. The van der Waals surface area contributed by atoms with Gasteiger partial charge in [0.05, 0.1) is 23.5 Å². The van der Waals surface area contributed by atoms with E-state index in [9.17, 15) is 13.6 Å². The van der Waals surface area contributed by atoms with Crippen LogP contribution in [0.4, 0.5) is 20.3 Å². The van der Waals surface area contributed by atoms with E-state index in [1.54, 1.807) is 11.1 Å². The molecule has 0 radical (unpaired) electrons. The summed E-state index contributed by atoms with van der Waals surface area (Å²) in [6.07, 6.45) is 3.83. The topological polar surface area (TPSA) is 65.8 Å². The molecule has 1 fully saturated rings. The largest absolute Gasteiger partial charge is 0.354 e. The first-order chi connectivity index (χ1) is 15.1. The lowest BCUT2D eigenvalue weighted by Crippen LogP contribution is -2.55. The Bertz CT molecular complexity index is 1200. The van der Waals surface area contributed by atoms with Gasteiger partial charge in [-0.05, 0) is 31.5 Å². The van der Waals surface area contributed by atoms with Crippen molar-refractivity contribution in [2.24, 2.45) is 5.92 Å². The lowest BCUT2D eigenvalue weighted by atomic mass is 9.96. The molecule has 9 heteroatoms. The summed E-state index contributed by atoms with van der Waals surface area (Å²) in [4.78, 5) is 21.7. The average Bonchev–Trinajstić information content (AvgIpc) is 3.30. The molecule has 0 spiro atoms. The van der Waals surface area contributed by atoms with E-state index in [2.05, 4.69) is 15.3 Å². The maximum absolute atomic E-state index is 14.1. The van der Waals surface area contributed by atoms with Gasteiger partial charge in [-0.1, -0.05) is 0 Å². The Morgan fingerprint density at radius 2 is 1.90 bits per heavy atom. The molecule has 3 aliphatic heterocycles. The lowest BCUT2D eigenvalue weighted by Gasteiger charge is -2.42. The number of rotatable bonds is 2. The molecule has 6 rings (SSSR count). The second kappa shape index (κ2) is 6.98. The minimum atomic E-state index is -0.862. The van der Waals surface area contributed by atoms with Crippen LogP contribution in [0.1, 0.15) is 16.8 Å². The minimum absolute atomic E-state index is 0.0282. The maximum Gasteiger partial charge on any atom is 0.233 e. The highest BCUT2D eigenvalue weighted by Crippen LogP contribution is 2.36. The van der Waals surface area contributed by atoms with E-state index in [0.717, 1.165) is 49.2 Å². The Morgan fingerprint density at radius 1 is 1.06 bits per heavy atom. The van der Waals surface area contributed by atoms with Gasteiger partial charge in [0.15, 0.2) is 17.3 Å². The normalized spacial score (nSPS) is 18.6. The van der Waals surface area contributed by atoms with E-state index in [-0.39, 0.29) is 11.8 Å². The van der Waals surface area contributed by atoms with Gasteiger partial charge >= 0.3 is 0 Å². The summed E-state index contributed by atoms with van der Waals surface area (Å²) in [6.45, 7) is 3.33. The zero-order valence-corrected chi connectivity index (χ0v) is 16.9. The van der Waals surface area contributed by atoms with Crippen LogP contribution < -0.4 is 15.1 Å². The number of carbonyl (C=O) groups is 1. The van der Waals surface area contributed by atoms with Gasteiger partial charge in [0.1, 0.15) is 5.82 Å². The van der Waals surface area contributed by atoms with Crippen molar-refractivity contribution in [2.75, 3.05) is 42.5 Å². The molecular weight excluding hydrogens is 402 g/mol. The third kappa shape index (κ3) is 2.83. The van der Waals surface area contributed by atoms with Crippen molar-refractivity contribution in [2.45, 2.75) is 19.3 Å². The second-order valence-corrected chi connectivity index (χ2v) is 8.41. The maximum atomic E-state index is 14.1. The fourth-order valence-corrected chi connectivity index (χ4v) is 5.01. The number of hydrogen-bond donors (Lipinski definition) is 1. The molecule has 0 saturated carbocycles. The smallest absolute Gasteiger partial charge is 0.233 e. The first-order valence-corrected chi connectivity index (χ1v) is 10.7. The molecule has 0 aliphatic carbocycles. The molecule has 5 heterocycles. The first kappa shape index (κ1) is 18.7. The highest BCUT2D eigenvalue weighted by Gasteiger charge is 2.40. The van der Waals surface area contributed by atoms with E-state index in [4.69, 9.17) is 4.98 Å². The molecule has 3 aliphatic rings. The van der Waals surface area contributed by atoms with E-state index in [1.807, 2.05) is 10.6 Å². The van der Waals surface area contributed by atoms with Crippen molar-refractivity contribution in [1.82, 2.24) is 19.9 Å². The number of hydrogen-bond acceptors (Lipinski definition) is 5. The fraction of sp³-hybridized carbons (Fsp3) is 0.409. The van der Waals surface area contributed by atoms with Crippen molar-refractivity contribution < 1.29 is 13.6 Å². The van der Waals surface area contributed by atoms with Crippen molar-refractivity contribution in [1.29, 1.82) is 0 Å². The first-order valence-electron chi connectivity index (χ1n) is 10.7. The van der Waals surface area contributed by atoms with Crippen LogP contribution in [0.3, 0.4) is 0 Å². The molecule has 0 bridgehead atoms. The van der Waals surface area contributed by atoms with Gasteiger partial charge < -0.3 is 15.1 Å². The fourth-order valence-electron chi connectivity index (χ4n) is 5.01. The minimum Gasteiger partial charge on any atom is -0.354 e. The standard InChI is InChI=1S/C22H22F2N6O/c23-16-1-2-18-15(20(16)24)6-10-29(18)22(31)13-11-28(12-13)21-14-3-7-25-8-4-17(14)27-19-5-9-26-30(19)21/h1-2,5,9,13,25H,3-4,6-8,10-12H2. The molecule has 160 valence electrons. The Morgan fingerprint density at radius 3 is 2.77 bits per heavy atom. The summed E-state index contributed by atoms with van der Waals surface area (Å²) in [5.74, 6) is -0.888. The van der Waals surface area contributed by atoms with Crippen LogP contribution in [0, 0.1) is 17.6 Å². The summed E-state index contributed by atoms with van der Waals surface area (Å²) >= 11 is 0. The molecule has 7 nitrogen and oxygen atoms in total. The summed E-state index contributed by atoms with van der Waals surface area (Å²) in [7, 11) is 0. The Kier molecular flexibility index (Phi) is 4.21. The average molecular weight is 424 g/mol. The number of carbonyl (C=O) groups excluding carboxylic acids is 1. The van der Waals surface area contributed by atoms with Crippen LogP contribution in [0.25, 0.3) is 5.65 Å². The van der Waals surface area contributed by atoms with E-state index in [0.29, 0.717) is 37.3 Å². The molecule has 1 amide bonds. The zero-order chi connectivity index (χ0) is 21.1. The van der Waals surface area contributed by atoms with Gasteiger partial charge in [-0.25, -0.2) is 13.8 Å². The lowest BCUT2D eigenvalue weighted by molar-refractivity contribution is -0.123. The quantitative estimate of drug-likeness (QED) is 0.679. The number of aromatic nitrogens is 3. The van der Waals surface area contributed by atoms with Crippen LogP contribution in [-0.4, -0.2) is 53.2 Å². The number of fused-ring (bicyclic) bond motifs is 3. The second-order valence-electron chi connectivity index (χ2n) is 8.41. The highest BCUT2D eigenvalue weighted by molar-refractivity contribution is 5.98. The third-order valence-electron chi connectivity index (χ3n) is 6.63. The molecule has 3 aromatic rings. The predicted molar refractivity (Wildman–Crippen MR) is 111 cm³/mol. The van der Waals surface area contributed by atoms with Crippen molar-refractivity contribution in [3.05, 3.63) is 52.9 Å². The Labute approximate surface area is 177 Å². The molecule has 2 aromatic heterocycles. The van der Waals surface area contributed by atoms with Gasteiger partial charge in [0.25, 0.3) is 0 Å². The van der Waals surface area contributed by atoms with Crippen LogP contribution >= 0.6 is 0 Å². The molecule has 1 aromatic carbocycles. The van der Waals surface area contributed by atoms with Gasteiger partial charge in [0, 0.05) is 49.8 Å². The summed E-state index contributed by atoms with van der Waals surface area (Å²) < 4.78 is 29.5. The zero-order valence-electron chi connectivity index (χ0n) is 16.9. The van der Waals surface area contributed by atoms with Crippen LogP contribution in [-0.2, 0) is 24.1 Å². The van der Waals surface area contributed by atoms with E-state index in [1.165, 1.54) is 11.6 Å². The third-order valence-corrected chi connectivity index (χ3v) is 6.63. The van der Waals surface area contributed by atoms with E-state index < -0.39 is 11.6 Å². The van der Waals surface area contributed by atoms with Gasteiger partial charge in [-0.3, -0.25) is 4.79 Å². The number of amides is 1. The molecule has 31 heavy (non-hydrogen) atoms. The molecule has 1 N–H and O–H groups in total. The van der Waals surface area contributed by atoms with Crippen molar-refractivity contribution in [3.63, 3.8) is 0 Å². The van der Waals surface area contributed by atoms with Gasteiger partial charge in [-0.2, -0.15) is 9.61 Å². The number of nitrogens with zero attached hydrogens (tertiary/aromatic N) is 5. The van der Waals surface area contributed by atoms with Gasteiger partial charge in [0.2, 0.25) is 5.91 Å². The molecule has 1 saturated heterocycles.